The number of nitrogens with zero attached hydrogens (tertiary/aromatic N) is 3. The number of rotatable bonds is 5. The Labute approximate surface area is 153 Å². The first kappa shape index (κ1) is 16.8. The summed E-state index contributed by atoms with van der Waals surface area (Å²) in [5, 5.41) is 7.63. The smallest absolute Gasteiger partial charge is 0.338 e. The summed E-state index contributed by atoms with van der Waals surface area (Å²) in [5.41, 5.74) is 1.84. The summed E-state index contributed by atoms with van der Waals surface area (Å²) in [4.78, 5) is 19.2. The van der Waals surface area contributed by atoms with Gasteiger partial charge in [-0.15, -0.1) is 16.9 Å². The molecule has 1 aromatic heterocycles. The van der Waals surface area contributed by atoms with Gasteiger partial charge in [0.2, 0.25) is 0 Å². The monoisotopic (exact) mass is 373 g/mol. The predicted molar refractivity (Wildman–Crippen MR) is 95.8 cm³/mol. The Hall–Kier alpha value is -2.61. The SMILES string of the molecule is O=C(O[C@H]1[C@H](F)CS[C@@H]1COn1nnc2ccccc21)c1ccccc1. The summed E-state index contributed by atoms with van der Waals surface area (Å²) in [6.45, 7) is 0.158. The van der Waals surface area contributed by atoms with Crippen LogP contribution < -0.4 is 4.84 Å². The van der Waals surface area contributed by atoms with Crippen molar-refractivity contribution in [2.24, 2.45) is 0 Å². The van der Waals surface area contributed by atoms with E-state index >= 15 is 0 Å². The maximum Gasteiger partial charge on any atom is 0.338 e. The van der Waals surface area contributed by atoms with E-state index in [0.717, 1.165) is 5.52 Å². The van der Waals surface area contributed by atoms with Crippen molar-refractivity contribution in [3.8, 4) is 0 Å². The highest BCUT2D eigenvalue weighted by Crippen LogP contribution is 2.32. The van der Waals surface area contributed by atoms with E-state index in [-0.39, 0.29) is 17.6 Å². The zero-order valence-electron chi connectivity index (χ0n) is 13.7. The predicted octanol–water partition coefficient (Wildman–Crippen LogP) is 2.54. The number of hydrogen-bond donors (Lipinski definition) is 0. The van der Waals surface area contributed by atoms with Crippen LogP contribution in [0.2, 0.25) is 0 Å². The van der Waals surface area contributed by atoms with Crippen molar-refractivity contribution in [1.29, 1.82) is 0 Å². The standard InChI is InChI=1S/C18H16FN3O3S/c19-13-11-26-16(17(13)25-18(23)12-6-2-1-3-7-12)10-24-22-15-9-5-4-8-14(15)20-21-22/h1-9,13,16-17H,10-11H2/t13-,16-,17+/m1/s1. The van der Waals surface area contributed by atoms with E-state index in [1.54, 1.807) is 30.3 Å². The zero-order chi connectivity index (χ0) is 17.9. The Morgan fingerprint density at radius 3 is 2.81 bits per heavy atom. The van der Waals surface area contributed by atoms with E-state index in [0.29, 0.717) is 11.1 Å². The summed E-state index contributed by atoms with van der Waals surface area (Å²) < 4.78 is 19.7. The lowest BCUT2D eigenvalue weighted by Crippen LogP contribution is -2.37. The molecule has 1 aliphatic rings. The lowest BCUT2D eigenvalue weighted by atomic mass is 10.1. The average molecular weight is 373 g/mol. The van der Waals surface area contributed by atoms with Gasteiger partial charge in [0.05, 0.1) is 10.8 Å². The minimum absolute atomic E-state index is 0.158. The van der Waals surface area contributed by atoms with Gasteiger partial charge in [-0.3, -0.25) is 0 Å². The Kier molecular flexibility index (Phi) is 4.75. The highest BCUT2D eigenvalue weighted by Gasteiger charge is 2.41. The van der Waals surface area contributed by atoms with Gasteiger partial charge in [0.25, 0.3) is 0 Å². The Morgan fingerprint density at radius 1 is 1.19 bits per heavy atom. The van der Waals surface area contributed by atoms with Gasteiger partial charge in [0.1, 0.15) is 29.9 Å². The second-order valence-electron chi connectivity index (χ2n) is 5.87. The minimum Gasteiger partial charge on any atom is -0.454 e. The molecule has 0 bridgehead atoms. The molecule has 0 unspecified atom stereocenters. The van der Waals surface area contributed by atoms with Gasteiger partial charge in [-0.1, -0.05) is 35.2 Å². The molecule has 1 aliphatic heterocycles. The fourth-order valence-corrected chi connectivity index (χ4v) is 3.98. The van der Waals surface area contributed by atoms with Crippen molar-refractivity contribution >= 4 is 28.8 Å². The van der Waals surface area contributed by atoms with Crippen LogP contribution in [0, 0.1) is 0 Å². The number of aromatic nitrogens is 3. The molecule has 0 saturated carbocycles. The second kappa shape index (κ2) is 7.33. The van der Waals surface area contributed by atoms with Gasteiger partial charge < -0.3 is 9.57 Å². The van der Waals surface area contributed by atoms with E-state index in [1.165, 1.54) is 16.6 Å². The maximum atomic E-state index is 14.2. The average Bonchev–Trinajstić information content (AvgIpc) is 3.25. The molecule has 134 valence electrons. The molecule has 0 N–H and O–H groups in total. The van der Waals surface area contributed by atoms with Crippen molar-refractivity contribution in [3.05, 3.63) is 60.2 Å². The number of carbonyl (C=O) groups is 1. The van der Waals surface area contributed by atoms with E-state index in [1.807, 2.05) is 24.3 Å². The zero-order valence-corrected chi connectivity index (χ0v) is 14.5. The quantitative estimate of drug-likeness (QED) is 0.641. The van der Waals surface area contributed by atoms with Gasteiger partial charge in [-0.25, -0.2) is 9.18 Å². The Balaban J connectivity index is 1.43. The van der Waals surface area contributed by atoms with Crippen LogP contribution in [0.5, 0.6) is 0 Å². The molecule has 0 radical (unpaired) electrons. The third-order valence-corrected chi connectivity index (χ3v) is 5.47. The molecule has 2 heterocycles. The fourth-order valence-electron chi connectivity index (χ4n) is 2.78. The van der Waals surface area contributed by atoms with Crippen LogP contribution >= 0.6 is 11.8 Å². The van der Waals surface area contributed by atoms with Crippen molar-refractivity contribution in [2.75, 3.05) is 12.4 Å². The van der Waals surface area contributed by atoms with Crippen LogP contribution in [-0.4, -0.2) is 51.0 Å². The Morgan fingerprint density at radius 2 is 1.96 bits per heavy atom. The largest absolute Gasteiger partial charge is 0.454 e. The lowest BCUT2D eigenvalue weighted by Gasteiger charge is -2.20. The molecular weight excluding hydrogens is 357 g/mol. The molecule has 1 saturated heterocycles. The van der Waals surface area contributed by atoms with Crippen LogP contribution in [0.4, 0.5) is 4.39 Å². The van der Waals surface area contributed by atoms with Gasteiger partial charge in [0.15, 0.2) is 0 Å². The van der Waals surface area contributed by atoms with Crippen LogP contribution in [-0.2, 0) is 4.74 Å². The number of alkyl halides is 1. The second-order valence-corrected chi connectivity index (χ2v) is 7.14. The summed E-state index contributed by atoms with van der Waals surface area (Å²) in [7, 11) is 0. The molecule has 2 aromatic carbocycles. The minimum atomic E-state index is -1.23. The van der Waals surface area contributed by atoms with Crippen LogP contribution in [0.25, 0.3) is 11.0 Å². The molecule has 0 aliphatic carbocycles. The lowest BCUT2D eigenvalue weighted by molar-refractivity contribution is -0.000308. The number of para-hydroxylation sites is 1. The van der Waals surface area contributed by atoms with E-state index in [2.05, 4.69) is 10.3 Å². The number of hydrogen-bond acceptors (Lipinski definition) is 6. The van der Waals surface area contributed by atoms with Gasteiger partial charge in [-0.05, 0) is 29.5 Å². The number of esters is 1. The van der Waals surface area contributed by atoms with E-state index in [9.17, 15) is 9.18 Å². The third kappa shape index (κ3) is 3.37. The number of benzene rings is 2. The molecule has 3 aromatic rings. The summed E-state index contributed by atoms with van der Waals surface area (Å²) in [5.74, 6) is -0.268. The molecule has 8 heteroatoms. The van der Waals surface area contributed by atoms with Gasteiger partial charge >= 0.3 is 5.97 Å². The highest BCUT2D eigenvalue weighted by molar-refractivity contribution is 8.00. The van der Waals surface area contributed by atoms with E-state index in [4.69, 9.17) is 9.57 Å². The molecule has 0 amide bonds. The van der Waals surface area contributed by atoms with E-state index < -0.39 is 18.2 Å². The number of fused-ring (bicyclic) bond motifs is 1. The first-order chi connectivity index (χ1) is 12.7. The molecule has 1 fully saturated rings. The molecule has 0 spiro atoms. The van der Waals surface area contributed by atoms with Gasteiger partial charge in [-0.2, -0.15) is 0 Å². The molecule has 6 nitrogen and oxygen atoms in total. The molecule has 26 heavy (non-hydrogen) atoms. The maximum absolute atomic E-state index is 14.2. The molecule has 3 atom stereocenters. The highest BCUT2D eigenvalue weighted by atomic mass is 32.2. The fraction of sp³-hybridized carbons (Fsp3) is 0.278. The van der Waals surface area contributed by atoms with Crippen LogP contribution in [0.15, 0.2) is 54.6 Å². The number of carbonyl (C=O) groups excluding carboxylic acids is 1. The number of halogens is 1. The topological polar surface area (TPSA) is 66.2 Å². The van der Waals surface area contributed by atoms with Crippen LogP contribution in [0.1, 0.15) is 10.4 Å². The first-order valence-corrected chi connectivity index (χ1v) is 9.22. The van der Waals surface area contributed by atoms with Crippen molar-refractivity contribution in [3.63, 3.8) is 0 Å². The number of ether oxygens (including phenoxy) is 1. The van der Waals surface area contributed by atoms with Crippen molar-refractivity contribution in [2.45, 2.75) is 17.5 Å². The summed E-state index contributed by atoms with van der Waals surface area (Å²) >= 11 is 1.38. The Bertz CT molecular complexity index is 905. The number of thioether (sulfide) groups is 1. The molecule has 4 rings (SSSR count). The third-order valence-electron chi connectivity index (χ3n) is 4.13. The van der Waals surface area contributed by atoms with Crippen molar-refractivity contribution < 1.29 is 18.8 Å². The van der Waals surface area contributed by atoms with Gasteiger partial charge in [0, 0.05) is 5.75 Å². The van der Waals surface area contributed by atoms with Crippen LogP contribution in [0.3, 0.4) is 0 Å². The normalized spacial score (nSPS) is 22.4. The summed E-state index contributed by atoms with van der Waals surface area (Å²) in [6.07, 6.45) is -2.09. The summed E-state index contributed by atoms with van der Waals surface area (Å²) in [6, 6.07) is 16.0. The van der Waals surface area contributed by atoms with Crippen molar-refractivity contribution in [1.82, 2.24) is 15.2 Å². The first-order valence-electron chi connectivity index (χ1n) is 8.18. The molecular formula is C18H16FN3O3S.